The third-order valence-corrected chi connectivity index (χ3v) is 3.01. The maximum absolute atomic E-state index is 12.6. The van der Waals surface area contributed by atoms with Crippen LogP contribution in [0.25, 0.3) is 10.9 Å². The molecule has 0 aliphatic rings. The van der Waals surface area contributed by atoms with Gasteiger partial charge in [0.25, 0.3) is 5.91 Å². The number of hydrogen-bond acceptors (Lipinski definition) is 2. The van der Waals surface area contributed by atoms with Crippen LogP contribution in [0.2, 0.25) is 0 Å². The molecule has 1 aromatic carbocycles. The molecule has 0 saturated carbocycles. The molecule has 2 rings (SSSR count). The Bertz CT molecular complexity index is 614. The van der Waals surface area contributed by atoms with Crippen LogP contribution in [-0.2, 0) is 0 Å². The van der Waals surface area contributed by atoms with Gasteiger partial charge in [0.1, 0.15) is 0 Å². The Morgan fingerprint density at radius 1 is 1.32 bits per heavy atom. The number of benzene rings is 1. The molecule has 19 heavy (non-hydrogen) atoms. The molecule has 0 spiro atoms. The van der Waals surface area contributed by atoms with Crippen LogP contribution in [0.15, 0.2) is 48.7 Å². The summed E-state index contributed by atoms with van der Waals surface area (Å²) < 4.78 is 0. The van der Waals surface area contributed by atoms with E-state index >= 15 is 0 Å². The molecule has 0 bridgehead atoms. The second kappa shape index (κ2) is 5.65. The van der Waals surface area contributed by atoms with E-state index < -0.39 is 0 Å². The Balaban J connectivity index is 2.43. The Morgan fingerprint density at radius 3 is 2.74 bits per heavy atom. The number of para-hydroxylation sites is 1. The SMILES string of the molecule is C=C(C)CN(CC)C(=O)c1ccnc2ccccc12. The van der Waals surface area contributed by atoms with Crippen molar-refractivity contribution in [2.75, 3.05) is 13.1 Å². The third kappa shape index (κ3) is 2.81. The molecule has 98 valence electrons. The summed E-state index contributed by atoms with van der Waals surface area (Å²) in [5.41, 5.74) is 2.53. The lowest BCUT2D eigenvalue weighted by atomic mass is 10.1. The average molecular weight is 254 g/mol. The fourth-order valence-corrected chi connectivity index (χ4v) is 2.11. The minimum Gasteiger partial charge on any atom is -0.335 e. The van der Waals surface area contributed by atoms with Crippen LogP contribution < -0.4 is 0 Å². The number of hydrogen-bond donors (Lipinski definition) is 0. The summed E-state index contributed by atoms with van der Waals surface area (Å²) >= 11 is 0. The highest BCUT2D eigenvalue weighted by molar-refractivity contribution is 6.06. The van der Waals surface area contributed by atoms with E-state index in [0.29, 0.717) is 18.7 Å². The highest BCUT2D eigenvalue weighted by atomic mass is 16.2. The van der Waals surface area contributed by atoms with Crippen molar-refractivity contribution >= 4 is 16.8 Å². The highest BCUT2D eigenvalue weighted by Crippen LogP contribution is 2.18. The molecule has 0 atom stereocenters. The van der Waals surface area contributed by atoms with Crippen LogP contribution in [-0.4, -0.2) is 28.9 Å². The topological polar surface area (TPSA) is 33.2 Å². The predicted octanol–water partition coefficient (Wildman–Crippen LogP) is 3.27. The second-order valence-corrected chi connectivity index (χ2v) is 4.65. The number of nitrogens with zero attached hydrogens (tertiary/aromatic N) is 2. The van der Waals surface area contributed by atoms with Gasteiger partial charge in [-0.05, 0) is 26.0 Å². The molecule has 0 fully saturated rings. The van der Waals surface area contributed by atoms with Crippen LogP contribution >= 0.6 is 0 Å². The summed E-state index contributed by atoms with van der Waals surface area (Å²) in [5.74, 6) is 0.0316. The predicted molar refractivity (Wildman–Crippen MR) is 78.1 cm³/mol. The number of amides is 1. The minimum atomic E-state index is 0.0316. The first kappa shape index (κ1) is 13.3. The Kier molecular flexibility index (Phi) is 3.95. The van der Waals surface area contributed by atoms with Crippen molar-refractivity contribution < 1.29 is 4.79 Å². The van der Waals surface area contributed by atoms with E-state index in [2.05, 4.69) is 11.6 Å². The first-order chi connectivity index (χ1) is 9.13. The molecule has 3 nitrogen and oxygen atoms in total. The maximum Gasteiger partial charge on any atom is 0.254 e. The van der Waals surface area contributed by atoms with Crippen LogP contribution in [0.4, 0.5) is 0 Å². The number of rotatable bonds is 4. The van der Waals surface area contributed by atoms with Crippen molar-refractivity contribution in [3.63, 3.8) is 0 Å². The van der Waals surface area contributed by atoms with Crippen molar-refractivity contribution in [2.45, 2.75) is 13.8 Å². The lowest BCUT2D eigenvalue weighted by molar-refractivity contribution is 0.0780. The van der Waals surface area contributed by atoms with Gasteiger partial charge in [-0.25, -0.2) is 0 Å². The Labute approximate surface area is 113 Å². The molecular weight excluding hydrogens is 236 g/mol. The van der Waals surface area contributed by atoms with Gasteiger partial charge in [0.05, 0.1) is 11.1 Å². The normalized spacial score (nSPS) is 10.4. The minimum absolute atomic E-state index is 0.0316. The largest absolute Gasteiger partial charge is 0.335 e. The van der Waals surface area contributed by atoms with Gasteiger partial charge in [-0.1, -0.05) is 30.4 Å². The zero-order chi connectivity index (χ0) is 13.8. The zero-order valence-electron chi connectivity index (χ0n) is 11.4. The zero-order valence-corrected chi connectivity index (χ0v) is 11.4. The molecule has 0 saturated heterocycles. The summed E-state index contributed by atoms with van der Waals surface area (Å²) in [6.45, 7) is 9.04. The molecule has 0 unspecified atom stereocenters. The third-order valence-electron chi connectivity index (χ3n) is 3.01. The van der Waals surface area contributed by atoms with Crippen molar-refractivity contribution in [3.05, 3.63) is 54.2 Å². The standard InChI is InChI=1S/C16H18N2O/c1-4-18(11-12(2)3)16(19)14-9-10-17-15-8-6-5-7-13(14)15/h5-10H,2,4,11H2,1,3H3. The van der Waals surface area contributed by atoms with Crippen LogP contribution in [0, 0.1) is 0 Å². The van der Waals surface area contributed by atoms with Gasteiger partial charge in [0.15, 0.2) is 0 Å². The summed E-state index contributed by atoms with van der Waals surface area (Å²) in [4.78, 5) is 18.7. The van der Waals surface area contributed by atoms with E-state index in [9.17, 15) is 4.79 Å². The van der Waals surface area contributed by atoms with Crippen molar-refractivity contribution in [1.29, 1.82) is 0 Å². The Hall–Kier alpha value is -2.16. The molecule has 1 heterocycles. The molecule has 1 aromatic heterocycles. The van der Waals surface area contributed by atoms with E-state index in [-0.39, 0.29) is 5.91 Å². The highest BCUT2D eigenvalue weighted by Gasteiger charge is 2.16. The summed E-state index contributed by atoms with van der Waals surface area (Å²) in [6.07, 6.45) is 1.68. The molecule has 2 aromatic rings. The number of pyridine rings is 1. The summed E-state index contributed by atoms with van der Waals surface area (Å²) in [5, 5.41) is 0.898. The fraction of sp³-hybridized carbons (Fsp3) is 0.250. The first-order valence-electron chi connectivity index (χ1n) is 6.41. The molecule has 0 radical (unpaired) electrons. The monoisotopic (exact) mass is 254 g/mol. The van der Waals surface area contributed by atoms with Gasteiger partial charge in [-0.15, -0.1) is 0 Å². The van der Waals surface area contributed by atoms with Gasteiger partial charge in [0, 0.05) is 24.7 Å². The summed E-state index contributed by atoms with van der Waals surface area (Å²) in [6, 6.07) is 9.49. The molecule has 0 N–H and O–H groups in total. The van der Waals surface area contributed by atoms with Crippen LogP contribution in [0.5, 0.6) is 0 Å². The van der Waals surface area contributed by atoms with E-state index in [1.54, 1.807) is 17.2 Å². The number of carbonyl (C=O) groups is 1. The molecule has 3 heteroatoms. The van der Waals surface area contributed by atoms with Gasteiger partial charge in [0.2, 0.25) is 0 Å². The average Bonchev–Trinajstić information content (AvgIpc) is 2.43. The van der Waals surface area contributed by atoms with Gasteiger partial charge >= 0.3 is 0 Å². The van der Waals surface area contributed by atoms with Crippen LogP contribution in [0.1, 0.15) is 24.2 Å². The van der Waals surface area contributed by atoms with Gasteiger partial charge in [-0.2, -0.15) is 0 Å². The number of carbonyl (C=O) groups excluding carboxylic acids is 1. The fourth-order valence-electron chi connectivity index (χ4n) is 2.11. The quantitative estimate of drug-likeness (QED) is 0.784. The van der Waals surface area contributed by atoms with E-state index in [1.165, 1.54) is 0 Å². The lowest BCUT2D eigenvalue weighted by Crippen LogP contribution is -2.32. The van der Waals surface area contributed by atoms with E-state index in [0.717, 1.165) is 16.5 Å². The molecule has 1 amide bonds. The van der Waals surface area contributed by atoms with Crippen molar-refractivity contribution in [3.8, 4) is 0 Å². The van der Waals surface area contributed by atoms with E-state index in [4.69, 9.17) is 0 Å². The van der Waals surface area contributed by atoms with Crippen molar-refractivity contribution in [2.24, 2.45) is 0 Å². The molecular formula is C16H18N2O. The maximum atomic E-state index is 12.6. The van der Waals surface area contributed by atoms with Gasteiger partial charge < -0.3 is 4.90 Å². The van der Waals surface area contributed by atoms with Crippen molar-refractivity contribution in [1.82, 2.24) is 9.88 Å². The Morgan fingerprint density at radius 2 is 2.05 bits per heavy atom. The summed E-state index contributed by atoms with van der Waals surface area (Å²) in [7, 11) is 0. The number of fused-ring (bicyclic) bond motifs is 1. The van der Waals surface area contributed by atoms with E-state index in [1.807, 2.05) is 38.1 Å². The smallest absolute Gasteiger partial charge is 0.254 e. The van der Waals surface area contributed by atoms with Crippen LogP contribution in [0.3, 0.4) is 0 Å². The lowest BCUT2D eigenvalue weighted by Gasteiger charge is -2.21. The first-order valence-corrected chi connectivity index (χ1v) is 6.41. The van der Waals surface area contributed by atoms with Gasteiger partial charge in [-0.3, -0.25) is 9.78 Å². The number of aromatic nitrogens is 1. The number of likely N-dealkylation sites (N-methyl/N-ethyl adjacent to an activating group) is 1. The second-order valence-electron chi connectivity index (χ2n) is 4.65. The molecule has 0 aliphatic heterocycles. The molecule has 0 aliphatic carbocycles.